The van der Waals surface area contributed by atoms with Crippen molar-refractivity contribution in [1.82, 2.24) is 9.62 Å². The standard InChI is InChI=1S/C21H27N3O3S/c1-16(25)24-12-11-18-14-20(9-10-21(18)24)28(26,27)22-15-19(23(2)3)13-17-7-5-4-6-8-17/h4-10,14,19,22H,11-13,15H2,1-3H3/t19-/m1/s1. The molecule has 28 heavy (non-hydrogen) atoms. The van der Waals surface area contributed by atoms with Crippen molar-refractivity contribution in [3.63, 3.8) is 0 Å². The Kier molecular flexibility index (Phi) is 6.17. The van der Waals surface area contributed by atoms with Crippen LogP contribution in [0.25, 0.3) is 0 Å². The van der Waals surface area contributed by atoms with Crippen molar-refractivity contribution < 1.29 is 13.2 Å². The minimum absolute atomic E-state index is 0.0257. The van der Waals surface area contributed by atoms with Gasteiger partial charge in [0, 0.05) is 31.7 Å². The quantitative estimate of drug-likeness (QED) is 0.771. The third-order valence-electron chi connectivity index (χ3n) is 5.19. The molecule has 0 radical (unpaired) electrons. The number of sulfonamides is 1. The van der Waals surface area contributed by atoms with E-state index >= 15 is 0 Å². The van der Waals surface area contributed by atoms with Crippen LogP contribution in [0.15, 0.2) is 53.4 Å². The summed E-state index contributed by atoms with van der Waals surface area (Å²) in [5.74, 6) is -0.0257. The number of hydrogen-bond donors (Lipinski definition) is 1. The van der Waals surface area contributed by atoms with Gasteiger partial charge in [0.05, 0.1) is 4.90 Å². The molecule has 3 rings (SSSR count). The highest BCUT2D eigenvalue weighted by atomic mass is 32.2. The molecule has 1 N–H and O–H groups in total. The lowest BCUT2D eigenvalue weighted by atomic mass is 10.1. The molecule has 6 nitrogen and oxygen atoms in total. The number of benzene rings is 2. The lowest BCUT2D eigenvalue weighted by Gasteiger charge is -2.25. The van der Waals surface area contributed by atoms with Crippen molar-refractivity contribution in [1.29, 1.82) is 0 Å². The van der Waals surface area contributed by atoms with E-state index in [2.05, 4.69) is 4.72 Å². The number of nitrogens with zero attached hydrogens (tertiary/aromatic N) is 2. The average Bonchev–Trinajstić information content (AvgIpc) is 3.09. The van der Waals surface area contributed by atoms with E-state index < -0.39 is 10.0 Å². The molecule has 1 heterocycles. The largest absolute Gasteiger partial charge is 0.312 e. The molecule has 0 fully saturated rings. The van der Waals surface area contributed by atoms with Crippen LogP contribution >= 0.6 is 0 Å². The van der Waals surface area contributed by atoms with E-state index in [4.69, 9.17) is 0 Å². The number of nitrogens with one attached hydrogen (secondary N) is 1. The second-order valence-corrected chi connectivity index (χ2v) is 9.14. The number of rotatable bonds is 7. The Labute approximate surface area is 167 Å². The van der Waals surface area contributed by atoms with Crippen LogP contribution in [0.3, 0.4) is 0 Å². The smallest absolute Gasteiger partial charge is 0.240 e. The Hall–Kier alpha value is -2.22. The van der Waals surface area contributed by atoms with Gasteiger partial charge >= 0.3 is 0 Å². The summed E-state index contributed by atoms with van der Waals surface area (Å²) in [7, 11) is 0.284. The van der Waals surface area contributed by atoms with E-state index in [1.165, 1.54) is 12.5 Å². The topological polar surface area (TPSA) is 69.7 Å². The number of carbonyl (C=O) groups excluding carboxylic acids is 1. The first kappa shape index (κ1) is 20.5. The molecule has 0 saturated heterocycles. The summed E-state index contributed by atoms with van der Waals surface area (Å²) in [6.45, 7) is 2.44. The highest BCUT2D eigenvalue weighted by Gasteiger charge is 2.25. The third kappa shape index (κ3) is 4.60. The Bertz CT molecular complexity index is 943. The second-order valence-electron chi connectivity index (χ2n) is 7.37. The molecule has 1 aliphatic heterocycles. The van der Waals surface area contributed by atoms with Gasteiger partial charge in [0.1, 0.15) is 0 Å². The van der Waals surface area contributed by atoms with Crippen LogP contribution in [0, 0.1) is 0 Å². The lowest BCUT2D eigenvalue weighted by Crippen LogP contribution is -2.41. The lowest BCUT2D eigenvalue weighted by molar-refractivity contribution is -0.116. The Morgan fingerprint density at radius 1 is 1.18 bits per heavy atom. The van der Waals surface area contributed by atoms with Crippen molar-refractivity contribution >= 4 is 21.6 Å². The van der Waals surface area contributed by atoms with Crippen LogP contribution in [0.5, 0.6) is 0 Å². The fraction of sp³-hybridized carbons (Fsp3) is 0.381. The normalized spacial score (nSPS) is 14.9. The minimum atomic E-state index is -3.62. The SMILES string of the molecule is CC(=O)N1CCc2cc(S(=O)(=O)NC[C@@H](Cc3ccccc3)N(C)C)ccc21. The molecule has 1 amide bonds. The van der Waals surface area contributed by atoms with Gasteiger partial charge in [0.25, 0.3) is 0 Å². The molecule has 0 aliphatic carbocycles. The minimum Gasteiger partial charge on any atom is -0.312 e. The van der Waals surface area contributed by atoms with Gasteiger partial charge in [-0.3, -0.25) is 4.79 Å². The summed E-state index contributed by atoms with van der Waals surface area (Å²) >= 11 is 0. The molecule has 2 aromatic rings. The van der Waals surface area contributed by atoms with Crippen LogP contribution in [-0.4, -0.2) is 52.5 Å². The first-order valence-corrected chi connectivity index (χ1v) is 10.9. The summed E-state index contributed by atoms with van der Waals surface area (Å²) < 4.78 is 28.4. The van der Waals surface area contributed by atoms with E-state index in [0.717, 1.165) is 17.7 Å². The number of anilines is 1. The molecule has 150 valence electrons. The van der Waals surface area contributed by atoms with Crippen LogP contribution < -0.4 is 9.62 Å². The van der Waals surface area contributed by atoms with Crippen LogP contribution in [0.4, 0.5) is 5.69 Å². The van der Waals surface area contributed by atoms with Crippen molar-refractivity contribution in [2.75, 3.05) is 32.1 Å². The number of hydrogen-bond acceptors (Lipinski definition) is 4. The predicted molar refractivity (Wildman–Crippen MR) is 111 cm³/mol. The Morgan fingerprint density at radius 2 is 1.89 bits per heavy atom. The number of fused-ring (bicyclic) bond motifs is 1. The molecule has 0 spiro atoms. The molecule has 1 aliphatic rings. The zero-order chi connectivity index (χ0) is 20.3. The Morgan fingerprint density at radius 3 is 2.54 bits per heavy atom. The molecule has 0 aromatic heterocycles. The molecule has 2 aromatic carbocycles. The molecule has 7 heteroatoms. The van der Waals surface area contributed by atoms with Crippen LogP contribution in [-0.2, 0) is 27.7 Å². The van der Waals surface area contributed by atoms with E-state index in [1.807, 2.05) is 49.3 Å². The molecule has 0 saturated carbocycles. The summed E-state index contributed by atoms with van der Waals surface area (Å²) in [5.41, 5.74) is 2.87. The van der Waals surface area contributed by atoms with Gasteiger partial charge in [-0.15, -0.1) is 0 Å². The monoisotopic (exact) mass is 401 g/mol. The third-order valence-corrected chi connectivity index (χ3v) is 6.61. The average molecular weight is 402 g/mol. The van der Waals surface area contributed by atoms with Crippen molar-refractivity contribution in [2.24, 2.45) is 0 Å². The first-order valence-electron chi connectivity index (χ1n) is 9.39. The van der Waals surface area contributed by atoms with E-state index in [9.17, 15) is 13.2 Å². The maximum Gasteiger partial charge on any atom is 0.240 e. The van der Waals surface area contributed by atoms with Crippen LogP contribution in [0.2, 0.25) is 0 Å². The summed E-state index contributed by atoms with van der Waals surface area (Å²) in [6.07, 6.45) is 1.43. The summed E-state index contributed by atoms with van der Waals surface area (Å²) in [5, 5.41) is 0. The molecular formula is C21H27N3O3S. The molecule has 0 bridgehead atoms. The summed E-state index contributed by atoms with van der Waals surface area (Å²) in [4.78, 5) is 15.6. The van der Waals surface area contributed by atoms with Gasteiger partial charge in [-0.25, -0.2) is 13.1 Å². The summed E-state index contributed by atoms with van der Waals surface area (Å²) in [6, 6.07) is 15.1. The molecular weight excluding hydrogens is 374 g/mol. The van der Waals surface area contributed by atoms with Gasteiger partial charge in [-0.05, 0) is 56.3 Å². The Balaban J connectivity index is 1.72. The number of carbonyl (C=O) groups is 1. The van der Waals surface area contributed by atoms with E-state index in [1.54, 1.807) is 23.1 Å². The van der Waals surface area contributed by atoms with Gasteiger partial charge in [-0.2, -0.15) is 0 Å². The second kappa shape index (κ2) is 8.43. The van der Waals surface area contributed by atoms with Crippen LogP contribution in [0.1, 0.15) is 18.1 Å². The van der Waals surface area contributed by atoms with Crippen molar-refractivity contribution in [3.8, 4) is 0 Å². The highest BCUT2D eigenvalue weighted by molar-refractivity contribution is 7.89. The predicted octanol–water partition coefficient (Wildman–Crippen LogP) is 2.05. The van der Waals surface area contributed by atoms with Crippen molar-refractivity contribution in [3.05, 3.63) is 59.7 Å². The fourth-order valence-electron chi connectivity index (χ4n) is 3.49. The highest BCUT2D eigenvalue weighted by Crippen LogP contribution is 2.30. The van der Waals surface area contributed by atoms with Gasteiger partial charge < -0.3 is 9.80 Å². The number of likely N-dealkylation sites (N-methyl/N-ethyl adjacent to an activating group) is 1. The maximum atomic E-state index is 12.8. The van der Waals surface area contributed by atoms with Gasteiger partial charge in [0.2, 0.25) is 15.9 Å². The molecule has 1 atom stereocenters. The van der Waals surface area contributed by atoms with Crippen molar-refractivity contribution in [2.45, 2.75) is 30.7 Å². The maximum absolute atomic E-state index is 12.8. The molecule has 0 unspecified atom stereocenters. The van der Waals surface area contributed by atoms with Gasteiger partial charge in [-0.1, -0.05) is 30.3 Å². The van der Waals surface area contributed by atoms with Gasteiger partial charge in [0.15, 0.2) is 0 Å². The first-order chi connectivity index (χ1) is 13.3. The number of amides is 1. The fourth-order valence-corrected chi connectivity index (χ4v) is 4.61. The zero-order valence-electron chi connectivity index (χ0n) is 16.6. The van der Waals surface area contributed by atoms with E-state index in [-0.39, 0.29) is 16.8 Å². The van der Waals surface area contributed by atoms with E-state index in [0.29, 0.717) is 19.5 Å². The zero-order valence-corrected chi connectivity index (χ0v) is 17.4.